The SMILES string of the molecule is O=C(NC(=S)Nc1cccnc1CCCC1CCCC1)c1ccccc1. The predicted octanol–water partition coefficient (Wildman–Crippen LogP) is 4.72. The molecule has 1 aliphatic rings. The Morgan fingerprint density at radius 3 is 2.65 bits per heavy atom. The number of anilines is 1. The standard InChI is InChI=1S/C21H25N3OS/c25-20(17-11-2-1-3-12-17)24-21(26)23-19-14-7-15-22-18(19)13-6-10-16-8-4-5-9-16/h1-3,7,11-12,14-16H,4-6,8-10,13H2,(H2,23,24,25,26). The first-order valence-corrected chi connectivity index (χ1v) is 9.74. The largest absolute Gasteiger partial charge is 0.331 e. The molecule has 4 nitrogen and oxygen atoms in total. The number of thiocarbonyl (C=S) groups is 1. The van der Waals surface area contributed by atoms with Gasteiger partial charge in [-0.3, -0.25) is 15.1 Å². The fourth-order valence-corrected chi connectivity index (χ4v) is 3.73. The number of carbonyl (C=O) groups excluding carboxylic acids is 1. The molecule has 1 heterocycles. The summed E-state index contributed by atoms with van der Waals surface area (Å²) >= 11 is 5.30. The van der Waals surface area contributed by atoms with E-state index in [9.17, 15) is 4.79 Å². The van der Waals surface area contributed by atoms with Crippen molar-refractivity contribution >= 4 is 28.9 Å². The first kappa shape index (κ1) is 18.5. The number of pyridine rings is 1. The molecule has 0 unspecified atom stereocenters. The fraction of sp³-hybridized carbons (Fsp3) is 0.381. The van der Waals surface area contributed by atoms with Crippen LogP contribution >= 0.6 is 12.2 Å². The zero-order valence-corrected chi connectivity index (χ0v) is 15.7. The zero-order chi connectivity index (χ0) is 18.2. The van der Waals surface area contributed by atoms with Crippen LogP contribution in [0.1, 0.15) is 54.6 Å². The van der Waals surface area contributed by atoms with Gasteiger partial charge in [0.1, 0.15) is 0 Å². The lowest BCUT2D eigenvalue weighted by molar-refractivity contribution is 0.0977. The van der Waals surface area contributed by atoms with E-state index in [-0.39, 0.29) is 5.91 Å². The van der Waals surface area contributed by atoms with E-state index in [2.05, 4.69) is 15.6 Å². The molecule has 1 aromatic heterocycles. The number of hydrogen-bond donors (Lipinski definition) is 2. The zero-order valence-electron chi connectivity index (χ0n) is 14.9. The summed E-state index contributed by atoms with van der Waals surface area (Å²) in [5, 5.41) is 6.15. The molecule has 0 bridgehead atoms. The van der Waals surface area contributed by atoms with Gasteiger partial charge in [-0.15, -0.1) is 0 Å². The number of hydrogen-bond acceptors (Lipinski definition) is 3. The molecule has 1 amide bonds. The van der Waals surface area contributed by atoms with E-state index in [4.69, 9.17) is 12.2 Å². The van der Waals surface area contributed by atoms with Gasteiger partial charge in [-0.05, 0) is 55.2 Å². The molecule has 3 rings (SSSR count). The summed E-state index contributed by atoms with van der Waals surface area (Å²) in [6.07, 6.45) is 10.7. The number of nitrogens with zero attached hydrogens (tertiary/aromatic N) is 1. The van der Waals surface area contributed by atoms with E-state index < -0.39 is 0 Å². The lowest BCUT2D eigenvalue weighted by Crippen LogP contribution is -2.34. The highest BCUT2D eigenvalue weighted by molar-refractivity contribution is 7.80. The molecule has 5 heteroatoms. The van der Waals surface area contributed by atoms with Gasteiger partial charge in [0, 0.05) is 11.8 Å². The average molecular weight is 368 g/mol. The van der Waals surface area contributed by atoms with Gasteiger partial charge < -0.3 is 5.32 Å². The van der Waals surface area contributed by atoms with Crippen LogP contribution in [0.5, 0.6) is 0 Å². The molecule has 0 spiro atoms. The third-order valence-electron chi connectivity index (χ3n) is 4.90. The van der Waals surface area contributed by atoms with Gasteiger partial charge in [0.05, 0.1) is 11.4 Å². The van der Waals surface area contributed by atoms with Crippen LogP contribution in [0, 0.1) is 5.92 Å². The Bertz CT molecular complexity index is 742. The van der Waals surface area contributed by atoms with Crippen LogP contribution in [0.3, 0.4) is 0 Å². The highest BCUT2D eigenvalue weighted by atomic mass is 32.1. The number of benzene rings is 1. The Labute approximate surface area is 160 Å². The number of carbonyl (C=O) groups is 1. The topological polar surface area (TPSA) is 54.0 Å². The lowest BCUT2D eigenvalue weighted by Gasteiger charge is -2.13. The molecule has 136 valence electrons. The highest BCUT2D eigenvalue weighted by Crippen LogP contribution is 2.29. The molecule has 1 fully saturated rings. The van der Waals surface area contributed by atoms with Crippen molar-refractivity contribution < 1.29 is 4.79 Å². The normalized spacial score (nSPS) is 14.2. The molecule has 1 aromatic carbocycles. The first-order valence-electron chi connectivity index (χ1n) is 9.33. The molecule has 0 atom stereocenters. The van der Waals surface area contributed by atoms with Gasteiger partial charge >= 0.3 is 0 Å². The van der Waals surface area contributed by atoms with Crippen molar-refractivity contribution in [1.29, 1.82) is 0 Å². The third-order valence-corrected chi connectivity index (χ3v) is 5.11. The highest BCUT2D eigenvalue weighted by Gasteiger charge is 2.15. The number of aromatic nitrogens is 1. The number of aryl methyl sites for hydroxylation is 1. The lowest BCUT2D eigenvalue weighted by atomic mass is 9.99. The molecule has 2 N–H and O–H groups in total. The van der Waals surface area contributed by atoms with Crippen LogP contribution < -0.4 is 10.6 Å². The Hall–Kier alpha value is -2.27. The van der Waals surface area contributed by atoms with Gasteiger partial charge in [-0.2, -0.15) is 0 Å². The number of amides is 1. The first-order chi connectivity index (χ1) is 12.7. The van der Waals surface area contributed by atoms with Crippen molar-refractivity contribution in [2.75, 3.05) is 5.32 Å². The second-order valence-electron chi connectivity index (χ2n) is 6.81. The summed E-state index contributed by atoms with van der Waals surface area (Å²) in [6, 6.07) is 12.9. The summed E-state index contributed by atoms with van der Waals surface area (Å²) in [6.45, 7) is 0. The quantitative estimate of drug-likeness (QED) is 0.725. The second-order valence-corrected chi connectivity index (χ2v) is 7.22. The molecular weight excluding hydrogens is 342 g/mol. The Morgan fingerprint density at radius 2 is 1.88 bits per heavy atom. The Kier molecular flexibility index (Phi) is 6.72. The van der Waals surface area contributed by atoms with Crippen molar-refractivity contribution in [2.24, 2.45) is 5.92 Å². The van der Waals surface area contributed by atoms with Crippen LogP contribution in [0.25, 0.3) is 0 Å². The van der Waals surface area contributed by atoms with Gasteiger partial charge in [0.2, 0.25) is 0 Å². The average Bonchev–Trinajstić information content (AvgIpc) is 3.17. The van der Waals surface area contributed by atoms with Crippen LogP contribution in [0.2, 0.25) is 0 Å². The van der Waals surface area contributed by atoms with Crippen molar-refractivity contribution in [3.63, 3.8) is 0 Å². The second kappa shape index (κ2) is 9.43. The summed E-state index contributed by atoms with van der Waals surface area (Å²) in [5.41, 5.74) is 2.46. The molecule has 0 radical (unpaired) electrons. The van der Waals surface area contributed by atoms with E-state index in [1.54, 1.807) is 12.1 Å². The van der Waals surface area contributed by atoms with E-state index in [0.29, 0.717) is 10.7 Å². The molecule has 1 saturated carbocycles. The van der Waals surface area contributed by atoms with Crippen LogP contribution in [-0.2, 0) is 6.42 Å². The monoisotopic (exact) mass is 367 g/mol. The number of rotatable bonds is 6. The van der Waals surface area contributed by atoms with E-state index in [0.717, 1.165) is 30.1 Å². The van der Waals surface area contributed by atoms with Crippen LogP contribution in [-0.4, -0.2) is 16.0 Å². The maximum Gasteiger partial charge on any atom is 0.257 e. The van der Waals surface area contributed by atoms with E-state index >= 15 is 0 Å². The molecule has 1 aliphatic carbocycles. The maximum atomic E-state index is 12.2. The van der Waals surface area contributed by atoms with Crippen molar-refractivity contribution in [3.8, 4) is 0 Å². The Balaban J connectivity index is 1.53. The molecular formula is C21H25N3OS. The molecule has 2 aromatic rings. The molecule has 0 saturated heterocycles. The maximum absolute atomic E-state index is 12.2. The minimum absolute atomic E-state index is 0.213. The molecule has 26 heavy (non-hydrogen) atoms. The summed E-state index contributed by atoms with van der Waals surface area (Å²) < 4.78 is 0. The van der Waals surface area contributed by atoms with Crippen LogP contribution in [0.15, 0.2) is 48.7 Å². The van der Waals surface area contributed by atoms with Gasteiger partial charge in [-0.25, -0.2) is 0 Å². The Morgan fingerprint density at radius 1 is 1.12 bits per heavy atom. The predicted molar refractivity (Wildman–Crippen MR) is 109 cm³/mol. The van der Waals surface area contributed by atoms with E-state index in [1.165, 1.54) is 32.1 Å². The summed E-state index contributed by atoms with van der Waals surface area (Å²) in [7, 11) is 0. The fourth-order valence-electron chi connectivity index (χ4n) is 3.53. The minimum Gasteiger partial charge on any atom is -0.331 e. The van der Waals surface area contributed by atoms with Gasteiger partial charge in [0.15, 0.2) is 5.11 Å². The molecule has 0 aliphatic heterocycles. The minimum atomic E-state index is -0.213. The van der Waals surface area contributed by atoms with Crippen molar-refractivity contribution in [2.45, 2.75) is 44.9 Å². The van der Waals surface area contributed by atoms with Crippen LogP contribution in [0.4, 0.5) is 5.69 Å². The third kappa shape index (κ3) is 5.36. The van der Waals surface area contributed by atoms with Gasteiger partial charge in [-0.1, -0.05) is 50.3 Å². The summed E-state index contributed by atoms with van der Waals surface area (Å²) in [5.74, 6) is 0.677. The van der Waals surface area contributed by atoms with Gasteiger partial charge in [0.25, 0.3) is 5.91 Å². The smallest absolute Gasteiger partial charge is 0.257 e. The van der Waals surface area contributed by atoms with Crippen molar-refractivity contribution in [3.05, 3.63) is 59.9 Å². The van der Waals surface area contributed by atoms with E-state index in [1.807, 2.05) is 36.5 Å². The number of nitrogens with one attached hydrogen (secondary N) is 2. The van der Waals surface area contributed by atoms with Crippen molar-refractivity contribution in [1.82, 2.24) is 10.3 Å². The summed E-state index contributed by atoms with van der Waals surface area (Å²) in [4.78, 5) is 16.7.